The molecule has 1 N–H and O–H groups in total. The Morgan fingerprint density at radius 1 is 1.30 bits per heavy atom. The highest BCUT2D eigenvalue weighted by molar-refractivity contribution is 9.10. The van der Waals surface area contributed by atoms with Crippen molar-refractivity contribution in [1.82, 2.24) is 14.9 Å². The van der Waals surface area contributed by atoms with Gasteiger partial charge in [-0.1, -0.05) is 19.1 Å². The van der Waals surface area contributed by atoms with E-state index < -0.39 is 0 Å². The Kier molecular flexibility index (Phi) is 6.52. The molecule has 0 aliphatic carbocycles. The summed E-state index contributed by atoms with van der Waals surface area (Å²) in [7, 11) is 0. The minimum Gasteiger partial charge on any atom is -0.492 e. The van der Waals surface area contributed by atoms with E-state index in [1.54, 1.807) is 23.0 Å². The lowest BCUT2D eigenvalue weighted by Crippen LogP contribution is -2.01. The van der Waals surface area contributed by atoms with Crippen LogP contribution in [0.25, 0.3) is 0 Å². The fraction of sp³-hybridized carbons (Fsp3) is 0.211. The molecule has 2 aromatic carbocycles. The van der Waals surface area contributed by atoms with Crippen molar-refractivity contribution in [2.24, 2.45) is 5.10 Å². The predicted octanol–water partition coefficient (Wildman–Crippen LogP) is 5.10. The largest absolute Gasteiger partial charge is 0.492 e. The third-order valence-electron chi connectivity index (χ3n) is 3.73. The van der Waals surface area contributed by atoms with E-state index in [0.29, 0.717) is 23.6 Å². The quantitative estimate of drug-likeness (QED) is 0.403. The summed E-state index contributed by atoms with van der Waals surface area (Å²) in [5.41, 5.74) is 1.81. The second-order valence-electron chi connectivity index (χ2n) is 5.84. The molecule has 0 spiro atoms. The molecule has 0 aliphatic rings. The highest BCUT2D eigenvalue weighted by Crippen LogP contribution is 2.25. The summed E-state index contributed by atoms with van der Waals surface area (Å²) in [5.74, 6) is 1.17. The van der Waals surface area contributed by atoms with Crippen LogP contribution in [0.3, 0.4) is 0 Å². The van der Waals surface area contributed by atoms with Crippen molar-refractivity contribution >= 4 is 34.4 Å². The molecule has 0 aliphatic heterocycles. The number of ether oxygens (including phenoxy) is 1. The lowest BCUT2D eigenvalue weighted by Gasteiger charge is -2.07. The predicted molar refractivity (Wildman–Crippen MR) is 110 cm³/mol. The summed E-state index contributed by atoms with van der Waals surface area (Å²) in [6.45, 7) is 2.73. The molecule has 0 fully saturated rings. The molecule has 0 atom stereocenters. The molecule has 0 saturated carbocycles. The molecule has 3 aromatic rings. The first-order chi connectivity index (χ1) is 13.1. The Labute approximate surface area is 170 Å². The second-order valence-corrected chi connectivity index (χ2v) is 7.08. The van der Waals surface area contributed by atoms with Crippen LogP contribution in [-0.2, 0) is 6.42 Å². The summed E-state index contributed by atoms with van der Waals surface area (Å²) < 4.78 is 21.5. The molecule has 5 nitrogen and oxygen atoms in total. The second kappa shape index (κ2) is 9.05. The molecule has 8 heteroatoms. The van der Waals surface area contributed by atoms with E-state index >= 15 is 0 Å². The summed E-state index contributed by atoms with van der Waals surface area (Å²) in [6.07, 6.45) is 3.14. The van der Waals surface area contributed by atoms with Crippen LogP contribution in [0.15, 0.2) is 52.0 Å². The molecular weight excluding hydrogens is 431 g/mol. The number of hydrogen-bond donors (Lipinski definition) is 1. The Hall–Kier alpha value is -2.32. The third kappa shape index (κ3) is 5.11. The standard InChI is InChI=1S/C19H18BrFN4OS/c1-2-9-26-17-8-5-14(10-16(17)20)12-22-25-18(23-24-19(25)27)11-13-3-6-15(21)7-4-13/h3-8,10,12H,2,9,11H2,1H3,(H,24,27)/b22-12-. The van der Waals surface area contributed by atoms with Gasteiger partial charge in [-0.15, -0.1) is 0 Å². The van der Waals surface area contributed by atoms with Crippen LogP contribution >= 0.6 is 28.1 Å². The SMILES string of the molecule is CCCOc1ccc(/C=N\n2c(Cc3ccc(F)cc3)n[nH]c2=S)cc1Br. The number of hydrogen-bond acceptors (Lipinski definition) is 4. The molecule has 3 rings (SSSR count). The van der Waals surface area contributed by atoms with Crippen LogP contribution < -0.4 is 4.74 Å². The van der Waals surface area contributed by atoms with Gasteiger partial charge in [-0.25, -0.2) is 4.39 Å². The Morgan fingerprint density at radius 2 is 2.07 bits per heavy atom. The monoisotopic (exact) mass is 448 g/mol. The summed E-state index contributed by atoms with van der Waals surface area (Å²) >= 11 is 8.77. The maximum absolute atomic E-state index is 13.1. The van der Waals surface area contributed by atoms with Crippen molar-refractivity contribution in [2.75, 3.05) is 6.61 Å². The fourth-order valence-corrected chi connectivity index (χ4v) is 3.10. The maximum atomic E-state index is 13.1. The molecular formula is C19H18BrFN4OS. The first-order valence-electron chi connectivity index (χ1n) is 8.44. The van der Waals surface area contributed by atoms with E-state index in [1.807, 2.05) is 18.2 Å². The normalized spacial score (nSPS) is 11.2. The van der Waals surface area contributed by atoms with E-state index in [-0.39, 0.29) is 5.82 Å². The highest BCUT2D eigenvalue weighted by atomic mass is 79.9. The van der Waals surface area contributed by atoms with Crippen molar-refractivity contribution in [1.29, 1.82) is 0 Å². The molecule has 0 unspecified atom stereocenters. The van der Waals surface area contributed by atoms with Gasteiger partial charge < -0.3 is 4.74 Å². The number of H-pyrrole nitrogens is 1. The molecule has 0 amide bonds. The number of rotatable bonds is 7. The number of halogens is 2. The summed E-state index contributed by atoms with van der Waals surface area (Å²) in [4.78, 5) is 0. The van der Waals surface area contributed by atoms with E-state index in [9.17, 15) is 4.39 Å². The van der Waals surface area contributed by atoms with E-state index in [1.165, 1.54) is 12.1 Å². The van der Waals surface area contributed by atoms with Crippen LogP contribution in [0.1, 0.15) is 30.3 Å². The van der Waals surface area contributed by atoms with Gasteiger partial charge in [0, 0.05) is 6.42 Å². The van der Waals surface area contributed by atoms with Gasteiger partial charge in [-0.3, -0.25) is 5.10 Å². The van der Waals surface area contributed by atoms with Crippen LogP contribution in [0, 0.1) is 10.6 Å². The van der Waals surface area contributed by atoms with Crippen LogP contribution in [0.2, 0.25) is 0 Å². The fourth-order valence-electron chi connectivity index (χ4n) is 2.39. The topological polar surface area (TPSA) is 55.2 Å². The Bertz CT molecular complexity index is 998. The van der Waals surface area contributed by atoms with Crippen LogP contribution in [0.4, 0.5) is 4.39 Å². The average Bonchev–Trinajstić information content (AvgIpc) is 3.00. The van der Waals surface area contributed by atoms with Crippen molar-refractivity contribution in [3.8, 4) is 5.75 Å². The lowest BCUT2D eigenvalue weighted by atomic mass is 10.1. The van der Waals surface area contributed by atoms with Gasteiger partial charge in [0.15, 0.2) is 5.82 Å². The molecule has 27 heavy (non-hydrogen) atoms. The van der Waals surface area contributed by atoms with Gasteiger partial charge >= 0.3 is 0 Å². The zero-order valence-corrected chi connectivity index (χ0v) is 17.1. The van der Waals surface area contributed by atoms with Crippen molar-refractivity contribution in [2.45, 2.75) is 19.8 Å². The Balaban J connectivity index is 1.79. The summed E-state index contributed by atoms with van der Waals surface area (Å²) in [6, 6.07) is 12.0. The first-order valence-corrected chi connectivity index (χ1v) is 9.64. The first kappa shape index (κ1) is 19.4. The van der Waals surface area contributed by atoms with Gasteiger partial charge in [0.25, 0.3) is 0 Å². The molecule has 0 bridgehead atoms. The minimum atomic E-state index is -0.271. The number of nitrogens with one attached hydrogen (secondary N) is 1. The molecule has 1 aromatic heterocycles. The van der Waals surface area contributed by atoms with Gasteiger partial charge in [-0.05, 0) is 76.0 Å². The zero-order chi connectivity index (χ0) is 19.2. The van der Waals surface area contributed by atoms with Gasteiger partial charge in [-0.2, -0.15) is 14.9 Å². The Morgan fingerprint density at radius 3 is 2.78 bits per heavy atom. The molecule has 1 heterocycles. The third-order valence-corrected chi connectivity index (χ3v) is 4.62. The van der Waals surface area contributed by atoms with Gasteiger partial charge in [0.05, 0.1) is 17.3 Å². The molecule has 140 valence electrons. The number of aromatic amines is 1. The zero-order valence-electron chi connectivity index (χ0n) is 14.7. The van der Waals surface area contributed by atoms with Crippen LogP contribution in [0.5, 0.6) is 5.75 Å². The maximum Gasteiger partial charge on any atom is 0.216 e. The van der Waals surface area contributed by atoms with Crippen LogP contribution in [-0.4, -0.2) is 27.7 Å². The van der Waals surface area contributed by atoms with Gasteiger partial charge in [0.2, 0.25) is 4.77 Å². The van der Waals surface area contributed by atoms with E-state index in [0.717, 1.165) is 27.8 Å². The van der Waals surface area contributed by atoms with Crippen molar-refractivity contribution in [3.05, 3.63) is 74.5 Å². The van der Waals surface area contributed by atoms with E-state index in [2.05, 4.69) is 38.2 Å². The highest BCUT2D eigenvalue weighted by Gasteiger charge is 2.07. The number of aromatic nitrogens is 3. The summed E-state index contributed by atoms with van der Waals surface area (Å²) in [5, 5.41) is 11.4. The average molecular weight is 449 g/mol. The van der Waals surface area contributed by atoms with Gasteiger partial charge in [0.1, 0.15) is 11.6 Å². The minimum absolute atomic E-state index is 0.271. The van der Waals surface area contributed by atoms with E-state index in [4.69, 9.17) is 17.0 Å². The lowest BCUT2D eigenvalue weighted by molar-refractivity contribution is 0.315. The molecule has 0 radical (unpaired) electrons. The number of benzene rings is 2. The molecule has 0 saturated heterocycles. The van der Waals surface area contributed by atoms with Crippen molar-refractivity contribution < 1.29 is 9.13 Å². The smallest absolute Gasteiger partial charge is 0.216 e. The number of nitrogens with zero attached hydrogens (tertiary/aromatic N) is 3. The van der Waals surface area contributed by atoms with Crippen molar-refractivity contribution in [3.63, 3.8) is 0 Å².